The Morgan fingerprint density at radius 1 is 1.15 bits per heavy atom. The predicted molar refractivity (Wildman–Crippen MR) is 100 cm³/mol. The third-order valence-electron chi connectivity index (χ3n) is 4.07. The minimum atomic E-state index is -0.393. The van der Waals surface area contributed by atoms with Gasteiger partial charge in [0.2, 0.25) is 5.91 Å². The molecular formula is C18H16Cl2FN3O2. The van der Waals surface area contributed by atoms with Crippen LogP contribution in [0.25, 0.3) is 0 Å². The van der Waals surface area contributed by atoms with E-state index in [1.807, 2.05) is 0 Å². The van der Waals surface area contributed by atoms with Crippen LogP contribution in [0.2, 0.25) is 10.0 Å². The molecule has 3 rings (SSSR count). The van der Waals surface area contributed by atoms with Gasteiger partial charge in [0.25, 0.3) is 0 Å². The van der Waals surface area contributed by atoms with E-state index in [0.29, 0.717) is 40.9 Å². The van der Waals surface area contributed by atoms with Crippen LogP contribution in [0.15, 0.2) is 42.5 Å². The van der Waals surface area contributed by atoms with Crippen LogP contribution in [0.1, 0.15) is 6.42 Å². The maximum atomic E-state index is 13.0. The Hall–Kier alpha value is -2.31. The Morgan fingerprint density at radius 3 is 2.58 bits per heavy atom. The third-order valence-corrected chi connectivity index (χ3v) is 4.81. The van der Waals surface area contributed by atoms with Crippen molar-refractivity contribution in [1.82, 2.24) is 5.32 Å². The molecule has 1 fully saturated rings. The lowest BCUT2D eigenvalue weighted by Crippen LogP contribution is -2.34. The van der Waals surface area contributed by atoms with Gasteiger partial charge in [-0.05, 0) is 42.5 Å². The number of nitrogens with zero attached hydrogens (tertiary/aromatic N) is 1. The molecule has 1 aliphatic rings. The molecule has 0 bridgehead atoms. The van der Waals surface area contributed by atoms with Gasteiger partial charge in [0.05, 0.1) is 10.0 Å². The van der Waals surface area contributed by atoms with Gasteiger partial charge in [0.15, 0.2) is 0 Å². The molecule has 2 aromatic carbocycles. The lowest BCUT2D eigenvalue weighted by Gasteiger charge is -2.17. The van der Waals surface area contributed by atoms with Gasteiger partial charge in [0.1, 0.15) is 5.82 Å². The highest BCUT2D eigenvalue weighted by atomic mass is 35.5. The summed E-state index contributed by atoms with van der Waals surface area (Å²) >= 11 is 11.7. The molecule has 0 saturated carbocycles. The first-order chi connectivity index (χ1) is 12.4. The van der Waals surface area contributed by atoms with E-state index in [2.05, 4.69) is 10.6 Å². The molecule has 5 nitrogen and oxygen atoms in total. The number of amides is 3. The Kier molecular flexibility index (Phi) is 5.64. The Morgan fingerprint density at radius 2 is 1.88 bits per heavy atom. The lowest BCUT2D eigenvalue weighted by molar-refractivity contribution is -0.117. The lowest BCUT2D eigenvalue weighted by atomic mass is 10.1. The molecule has 1 unspecified atom stereocenters. The molecule has 1 heterocycles. The highest BCUT2D eigenvalue weighted by Crippen LogP contribution is 2.26. The van der Waals surface area contributed by atoms with Crippen molar-refractivity contribution in [2.75, 3.05) is 23.3 Å². The van der Waals surface area contributed by atoms with Crippen molar-refractivity contribution in [3.8, 4) is 0 Å². The number of halogens is 3. The van der Waals surface area contributed by atoms with Gasteiger partial charge >= 0.3 is 6.03 Å². The standard InChI is InChI=1S/C18H16Cl2FN3O2/c19-15-6-3-13(8-16(15)20)23-18(26)22-9-11-7-17(25)24(10-11)14-4-1-12(21)2-5-14/h1-6,8,11H,7,9-10H2,(H2,22,23,26). The van der Waals surface area contributed by atoms with E-state index in [1.165, 1.54) is 12.1 Å². The summed E-state index contributed by atoms with van der Waals surface area (Å²) in [5, 5.41) is 6.16. The average Bonchev–Trinajstić information content (AvgIpc) is 2.98. The molecule has 26 heavy (non-hydrogen) atoms. The number of anilines is 2. The highest BCUT2D eigenvalue weighted by Gasteiger charge is 2.30. The van der Waals surface area contributed by atoms with Crippen LogP contribution in [0.5, 0.6) is 0 Å². The minimum Gasteiger partial charge on any atom is -0.338 e. The predicted octanol–water partition coefficient (Wildman–Crippen LogP) is 4.31. The maximum Gasteiger partial charge on any atom is 0.319 e. The molecule has 2 aromatic rings. The summed E-state index contributed by atoms with van der Waals surface area (Å²) in [6.07, 6.45) is 0.324. The van der Waals surface area contributed by atoms with Gasteiger partial charge in [-0.3, -0.25) is 4.79 Å². The fourth-order valence-electron chi connectivity index (χ4n) is 2.78. The van der Waals surface area contributed by atoms with Gasteiger partial charge in [-0.25, -0.2) is 9.18 Å². The van der Waals surface area contributed by atoms with Gasteiger partial charge in [0, 0.05) is 36.8 Å². The largest absolute Gasteiger partial charge is 0.338 e. The van der Waals surface area contributed by atoms with Crippen molar-refractivity contribution < 1.29 is 14.0 Å². The highest BCUT2D eigenvalue weighted by molar-refractivity contribution is 6.42. The first kappa shape index (κ1) is 18.5. The van der Waals surface area contributed by atoms with Crippen LogP contribution in [0.4, 0.5) is 20.6 Å². The normalized spacial score (nSPS) is 16.7. The van der Waals surface area contributed by atoms with E-state index >= 15 is 0 Å². The van der Waals surface area contributed by atoms with Gasteiger partial charge < -0.3 is 15.5 Å². The fraction of sp³-hybridized carbons (Fsp3) is 0.222. The molecule has 1 aliphatic heterocycles. The third kappa shape index (κ3) is 4.45. The SMILES string of the molecule is O=C(NCC1CC(=O)N(c2ccc(F)cc2)C1)Nc1ccc(Cl)c(Cl)c1. The van der Waals surface area contributed by atoms with Crippen LogP contribution in [0.3, 0.4) is 0 Å². The molecule has 0 radical (unpaired) electrons. The second kappa shape index (κ2) is 7.93. The number of benzene rings is 2. The summed E-state index contributed by atoms with van der Waals surface area (Å²) in [4.78, 5) is 25.7. The number of hydrogen-bond donors (Lipinski definition) is 2. The second-order valence-corrected chi connectivity index (χ2v) is 6.83. The van der Waals surface area contributed by atoms with Crippen LogP contribution in [-0.4, -0.2) is 25.0 Å². The second-order valence-electron chi connectivity index (χ2n) is 6.01. The maximum absolute atomic E-state index is 13.0. The Bertz CT molecular complexity index is 830. The van der Waals surface area contributed by atoms with E-state index < -0.39 is 6.03 Å². The summed E-state index contributed by atoms with van der Waals surface area (Å²) < 4.78 is 13.0. The molecule has 2 N–H and O–H groups in total. The van der Waals surface area contributed by atoms with Crippen LogP contribution in [0, 0.1) is 11.7 Å². The van der Waals surface area contributed by atoms with Gasteiger partial charge in [-0.1, -0.05) is 23.2 Å². The summed E-state index contributed by atoms with van der Waals surface area (Å²) in [5.74, 6) is -0.419. The zero-order chi connectivity index (χ0) is 18.7. The summed E-state index contributed by atoms with van der Waals surface area (Å²) in [6, 6.07) is 10.2. The Balaban J connectivity index is 1.52. The first-order valence-electron chi connectivity index (χ1n) is 7.98. The van der Waals surface area contributed by atoms with Crippen molar-refractivity contribution in [3.05, 3.63) is 58.3 Å². The number of nitrogens with one attached hydrogen (secondary N) is 2. The van der Waals surface area contributed by atoms with Crippen LogP contribution >= 0.6 is 23.2 Å². The quantitative estimate of drug-likeness (QED) is 0.809. The smallest absolute Gasteiger partial charge is 0.319 e. The molecule has 1 atom stereocenters. The number of carbonyl (C=O) groups is 2. The van der Waals surface area contributed by atoms with Gasteiger partial charge in [-0.2, -0.15) is 0 Å². The van der Waals surface area contributed by atoms with Crippen molar-refractivity contribution in [2.24, 2.45) is 5.92 Å². The summed E-state index contributed by atoms with van der Waals surface area (Å²) in [6.45, 7) is 0.814. The Labute approximate surface area is 160 Å². The van der Waals surface area contributed by atoms with Crippen LogP contribution in [-0.2, 0) is 4.79 Å². The summed E-state index contributed by atoms with van der Waals surface area (Å²) in [5.41, 5.74) is 1.17. The molecular weight excluding hydrogens is 380 g/mol. The average molecular weight is 396 g/mol. The molecule has 3 amide bonds. The molecule has 8 heteroatoms. The summed E-state index contributed by atoms with van der Waals surface area (Å²) in [7, 11) is 0. The number of carbonyl (C=O) groups excluding carboxylic acids is 2. The number of rotatable bonds is 4. The van der Waals surface area contributed by atoms with Gasteiger partial charge in [-0.15, -0.1) is 0 Å². The van der Waals surface area contributed by atoms with Crippen molar-refractivity contribution in [2.45, 2.75) is 6.42 Å². The van der Waals surface area contributed by atoms with Crippen molar-refractivity contribution in [3.63, 3.8) is 0 Å². The number of hydrogen-bond acceptors (Lipinski definition) is 2. The molecule has 136 valence electrons. The minimum absolute atomic E-state index is 0.0212. The van der Waals surface area contributed by atoms with Crippen molar-refractivity contribution in [1.29, 1.82) is 0 Å². The molecule has 1 saturated heterocycles. The molecule has 0 aliphatic carbocycles. The zero-order valence-electron chi connectivity index (χ0n) is 13.6. The zero-order valence-corrected chi connectivity index (χ0v) is 15.1. The van der Waals surface area contributed by atoms with Crippen LogP contribution < -0.4 is 15.5 Å². The fourth-order valence-corrected chi connectivity index (χ4v) is 3.07. The first-order valence-corrected chi connectivity index (χ1v) is 8.74. The van der Waals surface area contributed by atoms with E-state index in [4.69, 9.17) is 23.2 Å². The topological polar surface area (TPSA) is 61.4 Å². The van der Waals surface area contributed by atoms with E-state index in [-0.39, 0.29) is 17.6 Å². The van der Waals surface area contributed by atoms with E-state index in [1.54, 1.807) is 35.2 Å². The number of urea groups is 1. The van der Waals surface area contributed by atoms with E-state index in [0.717, 1.165) is 0 Å². The van der Waals surface area contributed by atoms with Crippen molar-refractivity contribution >= 4 is 46.5 Å². The monoisotopic (exact) mass is 395 g/mol. The molecule has 0 aromatic heterocycles. The molecule has 0 spiro atoms. The van der Waals surface area contributed by atoms with E-state index in [9.17, 15) is 14.0 Å².